The molecule has 0 unspecified atom stereocenters. The Morgan fingerprint density at radius 3 is 1.62 bits per heavy atom. The van der Waals surface area contributed by atoms with Crippen LogP contribution in [0.5, 0.6) is 0 Å². The van der Waals surface area contributed by atoms with Crippen molar-refractivity contribution in [2.24, 2.45) is 0 Å². The lowest BCUT2D eigenvalue weighted by Gasteiger charge is -1.95. The first-order valence-corrected chi connectivity index (χ1v) is 8.11. The number of rotatable bonds is 0. The number of halogens is 3. The zero-order valence-corrected chi connectivity index (χ0v) is 15.4. The quantitative estimate of drug-likeness (QED) is 0.462. The maximum absolute atomic E-state index is 12.4. The van der Waals surface area contributed by atoms with Gasteiger partial charge < -0.3 is 17.2 Å². The fraction of sp³-hybridized carbons (Fsp3) is 0.100. The van der Waals surface area contributed by atoms with Crippen molar-refractivity contribution in [3.05, 3.63) is 88.4 Å². The molecule has 6 N–H and O–H groups in total. The minimum atomic E-state index is -0.439. The zero-order chi connectivity index (χ0) is 19.7. The van der Waals surface area contributed by atoms with Crippen molar-refractivity contribution in [3.8, 4) is 0 Å². The van der Waals surface area contributed by atoms with E-state index >= 15 is 0 Å². The highest BCUT2D eigenvalue weighted by atomic mass is 35.5. The summed E-state index contributed by atoms with van der Waals surface area (Å²) in [6, 6.07) is 16.4. The van der Waals surface area contributed by atoms with Crippen molar-refractivity contribution in [2.45, 2.75) is 13.8 Å². The van der Waals surface area contributed by atoms with E-state index in [1.807, 2.05) is 31.2 Å². The molecule has 0 aliphatic rings. The van der Waals surface area contributed by atoms with Gasteiger partial charge in [-0.25, -0.2) is 8.78 Å². The van der Waals surface area contributed by atoms with E-state index in [4.69, 9.17) is 28.8 Å². The normalized spacial score (nSPS) is 9.42. The van der Waals surface area contributed by atoms with Crippen LogP contribution in [0.1, 0.15) is 11.1 Å². The molecule has 0 radical (unpaired) electrons. The molecule has 0 atom stereocenters. The van der Waals surface area contributed by atoms with Crippen LogP contribution in [-0.4, -0.2) is 0 Å². The Labute approximate surface area is 157 Å². The smallest absolute Gasteiger partial charge is 0.141 e. The number of hydrogen-bond acceptors (Lipinski definition) is 3. The highest BCUT2D eigenvalue weighted by Crippen LogP contribution is 2.16. The molecule has 3 nitrogen and oxygen atoms in total. The van der Waals surface area contributed by atoms with Crippen LogP contribution in [0, 0.1) is 25.5 Å². The van der Waals surface area contributed by atoms with Crippen molar-refractivity contribution < 1.29 is 8.78 Å². The third-order valence-electron chi connectivity index (χ3n) is 3.17. The molecule has 0 aliphatic carbocycles. The predicted octanol–water partition coefficient (Wildman–Crippen LogP) is 5.35. The first-order valence-electron chi connectivity index (χ1n) is 7.73. The number of aryl methyl sites for hydroxylation is 2. The molecular weight excluding hydrogens is 356 g/mol. The van der Waals surface area contributed by atoms with E-state index in [9.17, 15) is 8.78 Å². The lowest BCUT2D eigenvalue weighted by Crippen LogP contribution is -1.87. The van der Waals surface area contributed by atoms with Crippen LogP contribution in [0.4, 0.5) is 25.8 Å². The van der Waals surface area contributed by atoms with Crippen molar-refractivity contribution in [1.82, 2.24) is 0 Å². The summed E-state index contributed by atoms with van der Waals surface area (Å²) in [5.41, 5.74) is 19.8. The topological polar surface area (TPSA) is 78.1 Å². The zero-order valence-electron chi connectivity index (χ0n) is 14.6. The summed E-state index contributed by atoms with van der Waals surface area (Å²) in [7, 11) is 0. The third-order valence-corrected chi connectivity index (χ3v) is 3.46. The summed E-state index contributed by atoms with van der Waals surface area (Å²) >= 11 is 5.36. The fourth-order valence-electron chi connectivity index (χ4n) is 1.85. The number of nitrogen functional groups attached to an aromatic ring is 3. The molecule has 0 amide bonds. The Balaban J connectivity index is 0.000000195. The Morgan fingerprint density at radius 1 is 0.692 bits per heavy atom. The van der Waals surface area contributed by atoms with Gasteiger partial charge in [0.1, 0.15) is 11.6 Å². The molecular formula is C20H22ClF2N3. The Hall–Kier alpha value is -2.79. The summed E-state index contributed by atoms with van der Waals surface area (Å²) in [4.78, 5) is 0. The summed E-state index contributed by atoms with van der Waals surface area (Å²) in [5, 5.41) is 0.0648. The number of benzene rings is 3. The maximum atomic E-state index is 12.4. The van der Waals surface area contributed by atoms with Gasteiger partial charge >= 0.3 is 0 Å². The van der Waals surface area contributed by atoms with Gasteiger partial charge in [-0.15, -0.1) is 0 Å². The van der Waals surface area contributed by atoms with Crippen LogP contribution in [0.15, 0.2) is 60.7 Å². The lowest BCUT2D eigenvalue weighted by molar-refractivity contribution is 0.619. The van der Waals surface area contributed by atoms with E-state index in [2.05, 4.69) is 0 Å². The molecule has 0 bridgehead atoms. The van der Waals surface area contributed by atoms with Crippen LogP contribution >= 0.6 is 11.6 Å². The Bertz CT molecular complexity index is 787. The maximum Gasteiger partial charge on any atom is 0.141 e. The minimum Gasteiger partial charge on any atom is -0.399 e. The van der Waals surface area contributed by atoms with Crippen molar-refractivity contribution in [2.75, 3.05) is 17.2 Å². The van der Waals surface area contributed by atoms with Gasteiger partial charge in [-0.3, -0.25) is 0 Å². The second-order valence-corrected chi connectivity index (χ2v) is 6.00. The molecule has 0 fully saturated rings. The van der Waals surface area contributed by atoms with E-state index < -0.39 is 5.82 Å². The largest absolute Gasteiger partial charge is 0.399 e. The van der Waals surface area contributed by atoms with Gasteiger partial charge in [0.2, 0.25) is 0 Å². The average Bonchev–Trinajstić information content (AvgIpc) is 2.56. The molecule has 0 saturated heterocycles. The van der Waals surface area contributed by atoms with Crippen LogP contribution < -0.4 is 17.2 Å². The molecule has 0 aliphatic heterocycles. The molecule has 6 heteroatoms. The second kappa shape index (κ2) is 10.3. The van der Waals surface area contributed by atoms with E-state index in [-0.39, 0.29) is 10.8 Å². The van der Waals surface area contributed by atoms with Crippen LogP contribution in [0.25, 0.3) is 0 Å². The van der Waals surface area contributed by atoms with Gasteiger partial charge in [0.05, 0.1) is 5.02 Å². The summed E-state index contributed by atoms with van der Waals surface area (Å²) in [5.74, 6) is -0.643. The van der Waals surface area contributed by atoms with Gasteiger partial charge in [-0.05, 0) is 73.5 Å². The van der Waals surface area contributed by atoms with E-state index in [1.54, 1.807) is 19.1 Å². The van der Waals surface area contributed by atoms with Crippen molar-refractivity contribution >= 4 is 28.7 Å². The SMILES string of the molecule is Cc1cc(N)ccc1F.Cc1cccc(N)c1.Nc1ccc(F)c(Cl)c1. The third kappa shape index (κ3) is 7.85. The summed E-state index contributed by atoms with van der Waals surface area (Å²) in [6.07, 6.45) is 0. The van der Waals surface area contributed by atoms with E-state index in [0.717, 1.165) is 5.69 Å². The molecule has 0 saturated carbocycles. The van der Waals surface area contributed by atoms with Crippen LogP contribution in [-0.2, 0) is 0 Å². The lowest BCUT2D eigenvalue weighted by atomic mass is 10.2. The molecule has 138 valence electrons. The van der Waals surface area contributed by atoms with E-state index in [1.165, 1.54) is 29.8 Å². The van der Waals surface area contributed by atoms with Gasteiger partial charge in [0, 0.05) is 17.1 Å². The highest BCUT2D eigenvalue weighted by Gasteiger charge is 1.96. The highest BCUT2D eigenvalue weighted by molar-refractivity contribution is 6.31. The molecule has 0 heterocycles. The standard InChI is InChI=1S/C7H8FN.C7H9N.C6H5ClFN/c1-5-4-6(9)2-3-7(5)8;1-6-3-2-4-7(8)5-6;7-5-3-4(9)1-2-6(5)8/h2-4H,9H2,1H3;2-5H,8H2,1H3;1-3H,9H2. The van der Waals surface area contributed by atoms with Crippen molar-refractivity contribution in [3.63, 3.8) is 0 Å². The minimum absolute atomic E-state index is 0.0648. The second-order valence-electron chi connectivity index (χ2n) is 5.60. The molecule has 0 aromatic heterocycles. The average molecular weight is 378 g/mol. The molecule has 0 spiro atoms. The van der Waals surface area contributed by atoms with Crippen molar-refractivity contribution in [1.29, 1.82) is 0 Å². The number of nitrogens with two attached hydrogens (primary N) is 3. The predicted molar refractivity (Wildman–Crippen MR) is 107 cm³/mol. The number of anilines is 3. The van der Waals surface area contributed by atoms with E-state index in [0.29, 0.717) is 16.9 Å². The van der Waals surface area contributed by atoms with Gasteiger partial charge in [0.15, 0.2) is 0 Å². The van der Waals surface area contributed by atoms with Gasteiger partial charge in [-0.2, -0.15) is 0 Å². The molecule has 3 aromatic carbocycles. The van der Waals surface area contributed by atoms with Gasteiger partial charge in [0.25, 0.3) is 0 Å². The van der Waals surface area contributed by atoms with Crippen LogP contribution in [0.2, 0.25) is 5.02 Å². The summed E-state index contributed by atoms with van der Waals surface area (Å²) in [6.45, 7) is 3.71. The molecule has 3 aromatic rings. The fourth-order valence-corrected chi connectivity index (χ4v) is 2.04. The molecule has 3 rings (SSSR count). The monoisotopic (exact) mass is 377 g/mol. The molecule has 26 heavy (non-hydrogen) atoms. The van der Waals surface area contributed by atoms with Gasteiger partial charge in [-0.1, -0.05) is 23.7 Å². The Kier molecular flexibility index (Phi) is 8.38. The van der Waals surface area contributed by atoms with Crippen LogP contribution in [0.3, 0.4) is 0 Å². The number of hydrogen-bond donors (Lipinski definition) is 3. The Morgan fingerprint density at radius 2 is 1.23 bits per heavy atom. The summed E-state index contributed by atoms with van der Waals surface area (Å²) < 4.78 is 24.8. The first-order chi connectivity index (χ1) is 12.2. The first kappa shape index (κ1) is 21.3.